The predicted molar refractivity (Wildman–Crippen MR) is 69.7 cm³/mol. The summed E-state index contributed by atoms with van der Waals surface area (Å²) in [5.74, 6) is -0.756. The molecule has 2 atom stereocenters. The van der Waals surface area contributed by atoms with Gasteiger partial charge in [-0.3, -0.25) is 4.79 Å². The van der Waals surface area contributed by atoms with Gasteiger partial charge in [0.15, 0.2) is 0 Å². The standard InChI is InChI=1S/C12H17N5O2/c18-12(19)11-1-9(2-13-7-11)5-16-17-6-10-3-14-8-15-4-10/h3-4,6,8-9,11,13,16H,1-2,5,7H2,(H,18,19)/b17-6+/t9-,11+/m0/s1. The molecule has 0 saturated carbocycles. The molecule has 1 saturated heterocycles. The zero-order valence-electron chi connectivity index (χ0n) is 10.5. The van der Waals surface area contributed by atoms with E-state index < -0.39 is 5.97 Å². The van der Waals surface area contributed by atoms with E-state index >= 15 is 0 Å². The SMILES string of the molecule is O=C(O)[C@H]1CNC[C@@H](CN/N=C/c2cncnc2)C1. The van der Waals surface area contributed by atoms with Crippen LogP contribution in [0.2, 0.25) is 0 Å². The fourth-order valence-corrected chi connectivity index (χ4v) is 2.05. The van der Waals surface area contributed by atoms with Gasteiger partial charge in [0.05, 0.1) is 12.1 Å². The molecule has 2 rings (SSSR count). The summed E-state index contributed by atoms with van der Waals surface area (Å²) in [5.41, 5.74) is 3.76. The summed E-state index contributed by atoms with van der Waals surface area (Å²) in [6, 6.07) is 0. The van der Waals surface area contributed by atoms with Gasteiger partial charge in [-0.05, 0) is 18.9 Å². The van der Waals surface area contributed by atoms with E-state index in [1.165, 1.54) is 6.33 Å². The maximum absolute atomic E-state index is 10.9. The molecule has 0 radical (unpaired) electrons. The lowest BCUT2D eigenvalue weighted by atomic mass is 9.91. The minimum atomic E-state index is -0.734. The molecule has 1 aliphatic rings. The number of piperidine rings is 1. The van der Waals surface area contributed by atoms with Gasteiger partial charge in [0.2, 0.25) is 0 Å². The molecule has 2 heterocycles. The number of nitrogens with one attached hydrogen (secondary N) is 2. The number of hydrogen-bond donors (Lipinski definition) is 3. The van der Waals surface area contributed by atoms with Crippen molar-refractivity contribution in [1.29, 1.82) is 0 Å². The number of rotatable bonds is 5. The molecular weight excluding hydrogens is 246 g/mol. The smallest absolute Gasteiger partial charge is 0.307 e. The first-order chi connectivity index (χ1) is 9.25. The summed E-state index contributed by atoms with van der Waals surface area (Å²) in [6.07, 6.45) is 7.12. The monoisotopic (exact) mass is 263 g/mol. The molecule has 1 aliphatic heterocycles. The van der Waals surface area contributed by atoms with E-state index in [1.54, 1.807) is 18.6 Å². The molecule has 0 aromatic carbocycles. The lowest BCUT2D eigenvalue weighted by Crippen LogP contribution is -2.42. The largest absolute Gasteiger partial charge is 0.481 e. The highest BCUT2D eigenvalue weighted by Gasteiger charge is 2.26. The predicted octanol–water partition coefficient (Wildman–Crippen LogP) is -0.290. The minimum Gasteiger partial charge on any atom is -0.481 e. The van der Waals surface area contributed by atoms with E-state index in [0.717, 1.165) is 12.1 Å². The third kappa shape index (κ3) is 4.29. The Morgan fingerprint density at radius 1 is 1.53 bits per heavy atom. The van der Waals surface area contributed by atoms with Gasteiger partial charge in [0, 0.05) is 31.0 Å². The van der Waals surface area contributed by atoms with E-state index in [-0.39, 0.29) is 11.8 Å². The Labute approximate surface area is 111 Å². The van der Waals surface area contributed by atoms with Crippen molar-refractivity contribution >= 4 is 12.2 Å². The van der Waals surface area contributed by atoms with Crippen LogP contribution in [0.25, 0.3) is 0 Å². The quantitative estimate of drug-likeness (QED) is 0.498. The molecule has 1 aromatic heterocycles. The van der Waals surface area contributed by atoms with E-state index in [1.807, 2.05) is 0 Å². The number of aromatic nitrogens is 2. The summed E-state index contributed by atoms with van der Waals surface area (Å²) < 4.78 is 0. The number of nitrogens with zero attached hydrogens (tertiary/aromatic N) is 3. The normalized spacial score (nSPS) is 23.4. The van der Waals surface area contributed by atoms with Gasteiger partial charge in [-0.15, -0.1) is 0 Å². The second kappa shape index (κ2) is 6.79. The third-order valence-electron chi connectivity index (χ3n) is 3.06. The topological polar surface area (TPSA) is 99.5 Å². The number of carboxylic acid groups (broad SMARTS) is 1. The van der Waals surface area contributed by atoms with Crippen LogP contribution in [0.3, 0.4) is 0 Å². The van der Waals surface area contributed by atoms with Crippen molar-refractivity contribution in [1.82, 2.24) is 20.7 Å². The zero-order valence-corrected chi connectivity index (χ0v) is 10.5. The van der Waals surface area contributed by atoms with Crippen LogP contribution in [0.1, 0.15) is 12.0 Å². The summed E-state index contributed by atoms with van der Waals surface area (Å²) in [7, 11) is 0. The Balaban J connectivity index is 1.73. The van der Waals surface area contributed by atoms with Crippen LogP contribution >= 0.6 is 0 Å². The van der Waals surface area contributed by atoms with Crippen molar-refractivity contribution in [2.75, 3.05) is 19.6 Å². The van der Waals surface area contributed by atoms with Crippen LogP contribution in [0.5, 0.6) is 0 Å². The van der Waals surface area contributed by atoms with Crippen LogP contribution in [-0.4, -0.2) is 46.9 Å². The summed E-state index contributed by atoms with van der Waals surface area (Å²) in [6.45, 7) is 2.03. The van der Waals surface area contributed by atoms with Gasteiger partial charge < -0.3 is 15.8 Å². The van der Waals surface area contributed by atoms with Gasteiger partial charge >= 0.3 is 5.97 Å². The van der Waals surface area contributed by atoms with Crippen LogP contribution in [0.15, 0.2) is 23.8 Å². The molecule has 0 spiro atoms. The highest BCUT2D eigenvalue weighted by atomic mass is 16.4. The Bertz CT molecular complexity index is 437. The van der Waals surface area contributed by atoms with Gasteiger partial charge in [0.25, 0.3) is 0 Å². The van der Waals surface area contributed by atoms with Crippen LogP contribution < -0.4 is 10.7 Å². The summed E-state index contributed by atoms with van der Waals surface area (Å²) in [4.78, 5) is 18.7. The van der Waals surface area contributed by atoms with Crippen molar-refractivity contribution in [2.24, 2.45) is 16.9 Å². The van der Waals surface area contributed by atoms with E-state index in [9.17, 15) is 4.79 Å². The van der Waals surface area contributed by atoms with E-state index in [4.69, 9.17) is 5.11 Å². The number of carbonyl (C=O) groups is 1. The molecule has 102 valence electrons. The molecule has 0 unspecified atom stereocenters. The average molecular weight is 263 g/mol. The van der Waals surface area contributed by atoms with Gasteiger partial charge in [0.1, 0.15) is 6.33 Å². The lowest BCUT2D eigenvalue weighted by molar-refractivity contribution is -0.142. The Hall–Kier alpha value is -2.02. The highest BCUT2D eigenvalue weighted by molar-refractivity contribution is 5.78. The maximum Gasteiger partial charge on any atom is 0.307 e. The van der Waals surface area contributed by atoms with Gasteiger partial charge in [-0.25, -0.2) is 9.97 Å². The van der Waals surface area contributed by atoms with Crippen molar-refractivity contribution in [3.8, 4) is 0 Å². The molecule has 7 nitrogen and oxygen atoms in total. The first-order valence-electron chi connectivity index (χ1n) is 6.20. The Morgan fingerprint density at radius 3 is 3.05 bits per heavy atom. The second-order valence-electron chi connectivity index (χ2n) is 4.59. The molecule has 0 aliphatic carbocycles. The highest BCUT2D eigenvalue weighted by Crippen LogP contribution is 2.15. The molecule has 3 N–H and O–H groups in total. The van der Waals surface area contributed by atoms with Gasteiger partial charge in [-0.1, -0.05) is 0 Å². The number of aliphatic carboxylic acids is 1. The Morgan fingerprint density at radius 2 is 2.32 bits per heavy atom. The Kier molecular flexibility index (Phi) is 4.79. The van der Waals surface area contributed by atoms with Crippen LogP contribution in [0.4, 0.5) is 0 Å². The van der Waals surface area contributed by atoms with Crippen LogP contribution in [0, 0.1) is 11.8 Å². The molecule has 0 bridgehead atoms. The molecule has 19 heavy (non-hydrogen) atoms. The van der Waals surface area contributed by atoms with Gasteiger partial charge in [-0.2, -0.15) is 5.10 Å². The molecule has 1 aromatic rings. The third-order valence-corrected chi connectivity index (χ3v) is 3.06. The first kappa shape index (κ1) is 13.4. The zero-order chi connectivity index (χ0) is 13.5. The number of carboxylic acids is 1. The maximum atomic E-state index is 10.9. The van der Waals surface area contributed by atoms with Crippen molar-refractivity contribution in [3.63, 3.8) is 0 Å². The van der Waals surface area contributed by atoms with E-state index in [0.29, 0.717) is 19.5 Å². The van der Waals surface area contributed by atoms with Crippen molar-refractivity contribution in [3.05, 3.63) is 24.3 Å². The van der Waals surface area contributed by atoms with Crippen molar-refractivity contribution < 1.29 is 9.90 Å². The van der Waals surface area contributed by atoms with E-state index in [2.05, 4.69) is 25.8 Å². The molecule has 1 fully saturated rings. The summed E-state index contributed by atoms with van der Waals surface area (Å²) >= 11 is 0. The number of hydrogen-bond acceptors (Lipinski definition) is 6. The average Bonchev–Trinajstić information content (AvgIpc) is 2.45. The van der Waals surface area contributed by atoms with Crippen molar-refractivity contribution in [2.45, 2.75) is 6.42 Å². The molecule has 0 amide bonds. The van der Waals surface area contributed by atoms with Crippen LogP contribution in [-0.2, 0) is 4.79 Å². The second-order valence-corrected chi connectivity index (χ2v) is 4.59. The number of hydrazone groups is 1. The minimum absolute atomic E-state index is 0.277. The summed E-state index contributed by atoms with van der Waals surface area (Å²) in [5, 5.41) is 16.2. The molecular formula is C12H17N5O2. The lowest BCUT2D eigenvalue weighted by Gasteiger charge is -2.27. The molecule has 7 heteroatoms. The fourth-order valence-electron chi connectivity index (χ4n) is 2.05. The first-order valence-corrected chi connectivity index (χ1v) is 6.20. The fraction of sp³-hybridized carbons (Fsp3) is 0.500.